The van der Waals surface area contributed by atoms with E-state index in [0.717, 1.165) is 16.9 Å². The molecule has 0 aliphatic rings. The van der Waals surface area contributed by atoms with Crippen molar-refractivity contribution in [2.75, 3.05) is 4.72 Å². The Morgan fingerprint density at radius 1 is 1.17 bits per heavy atom. The van der Waals surface area contributed by atoms with Crippen LogP contribution in [-0.4, -0.2) is 18.2 Å². The minimum absolute atomic E-state index is 0.121. The van der Waals surface area contributed by atoms with Gasteiger partial charge < -0.3 is 0 Å². The van der Waals surface area contributed by atoms with E-state index >= 15 is 0 Å². The lowest BCUT2D eigenvalue weighted by molar-refractivity contribution is 0.602. The van der Waals surface area contributed by atoms with Crippen LogP contribution >= 0.6 is 22.9 Å². The number of halogens is 2. The second-order valence-corrected chi connectivity index (χ2v) is 8.31. The first kappa shape index (κ1) is 16.0. The van der Waals surface area contributed by atoms with Crippen molar-refractivity contribution in [2.45, 2.75) is 10.8 Å². The van der Waals surface area contributed by atoms with Gasteiger partial charge in [0.2, 0.25) is 0 Å². The minimum atomic E-state index is -3.70. The Kier molecular flexibility index (Phi) is 4.38. The molecule has 1 aromatic carbocycles. The lowest BCUT2D eigenvalue weighted by atomic mass is 10.2. The molecular weight excluding hydrogens is 361 g/mol. The van der Waals surface area contributed by atoms with E-state index in [1.165, 1.54) is 24.3 Å². The maximum atomic E-state index is 12.9. The van der Waals surface area contributed by atoms with Crippen LogP contribution in [0.4, 0.5) is 10.2 Å². The summed E-state index contributed by atoms with van der Waals surface area (Å²) in [7, 11) is -3.70. The average molecular weight is 372 g/mol. The first-order valence-electron chi connectivity index (χ1n) is 6.48. The molecule has 0 aliphatic heterocycles. The van der Waals surface area contributed by atoms with Crippen LogP contribution in [0.3, 0.4) is 0 Å². The molecule has 120 valence electrons. The standard InChI is InChI=1S/C14H11ClFN3O2S2/c15-12-5-6-14(22-12)23(20,21)18-13-7-8-19(17-13)9-10-1-3-11(16)4-2-10/h1-8H,9H2,(H,17,18). The molecule has 23 heavy (non-hydrogen) atoms. The number of aromatic nitrogens is 2. The Balaban J connectivity index is 1.73. The third kappa shape index (κ3) is 3.90. The number of rotatable bonds is 5. The van der Waals surface area contributed by atoms with Crippen molar-refractivity contribution in [1.29, 1.82) is 0 Å². The van der Waals surface area contributed by atoms with Crippen LogP contribution in [0.2, 0.25) is 4.34 Å². The molecule has 2 aromatic heterocycles. The zero-order valence-corrected chi connectivity index (χ0v) is 14.0. The largest absolute Gasteiger partial charge is 0.272 e. The van der Waals surface area contributed by atoms with Crippen LogP contribution in [0.25, 0.3) is 0 Å². The maximum absolute atomic E-state index is 12.9. The molecule has 2 heterocycles. The Bertz CT molecular complexity index is 920. The summed E-state index contributed by atoms with van der Waals surface area (Å²) < 4.78 is 41.7. The van der Waals surface area contributed by atoms with Gasteiger partial charge in [-0.25, -0.2) is 12.8 Å². The summed E-state index contributed by atoms with van der Waals surface area (Å²) in [6.45, 7) is 0.410. The maximum Gasteiger partial charge on any atom is 0.272 e. The lowest BCUT2D eigenvalue weighted by Crippen LogP contribution is -2.12. The summed E-state index contributed by atoms with van der Waals surface area (Å²) in [6, 6.07) is 10.5. The molecule has 3 aromatic rings. The number of hydrogen-bond acceptors (Lipinski definition) is 4. The highest BCUT2D eigenvalue weighted by Crippen LogP contribution is 2.26. The molecule has 0 aliphatic carbocycles. The first-order valence-corrected chi connectivity index (χ1v) is 9.16. The topological polar surface area (TPSA) is 64.0 Å². The van der Waals surface area contributed by atoms with Gasteiger partial charge in [-0.15, -0.1) is 11.3 Å². The molecule has 0 radical (unpaired) electrons. The van der Waals surface area contributed by atoms with Crippen LogP contribution in [0, 0.1) is 5.82 Å². The summed E-state index contributed by atoms with van der Waals surface area (Å²) in [5.74, 6) is -0.103. The molecule has 0 saturated carbocycles. The number of thiophene rings is 1. The summed E-state index contributed by atoms with van der Waals surface area (Å²) in [4.78, 5) is 0. The van der Waals surface area contributed by atoms with Crippen molar-refractivity contribution in [1.82, 2.24) is 9.78 Å². The van der Waals surface area contributed by atoms with Gasteiger partial charge in [0.05, 0.1) is 10.9 Å². The molecule has 5 nitrogen and oxygen atoms in total. The molecule has 0 amide bonds. The van der Waals surface area contributed by atoms with Crippen LogP contribution in [0.15, 0.2) is 52.9 Å². The normalized spacial score (nSPS) is 11.6. The number of nitrogens with zero attached hydrogens (tertiary/aromatic N) is 2. The molecule has 0 unspecified atom stereocenters. The number of hydrogen-bond donors (Lipinski definition) is 1. The predicted molar refractivity (Wildman–Crippen MR) is 87.9 cm³/mol. The van der Waals surface area contributed by atoms with E-state index in [0.29, 0.717) is 10.9 Å². The van der Waals surface area contributed by atoms with E-state index in [1.807, 2.05) is 0 Å². The van der Waals surface area contributed by atoms with E-state index < -0.39 is 10.0 Å². The molecule has 9 heteroatoms. The van der Waals surface area contributed by atoms with E-state index in [1.54, 1.807) is 29.1 Å². The van der Waals surface area contributed by atoms with Crippen molar-refractivity contribution < 1.29 is 12.8 Å². The highest BCUT2D eigenvalue weighted by Gasteiger charge is 2.17. The zero-order valence-electron chi connectivity index (χ0n) is 11.6. The molecule has 0 saturated heterocycles. The Hall–Kier alpha value is -1.90. The number of nitrogens with one attached hydrogen (secondary N) is 1. The Morgan fingerprint density at radius 2 is 1.91 bits per heavy atom. The molecule has 1 N–H and O–H groups in total. The van der Waals surface area contributed by atoms with Crippen LogP contribution in [0.1, 0.15) is 5.56 Å². The fourth-order valence-electron chi connectivity index (χ4n) is 1.91. The van der Waals surface area contributed by atoms with Gasteiger partial charge in [0.15, 0.2) is 5.82 Å². The fraction of sp³-hybridized carbons (Fsp3) is 0.0714. The van der Waals surface area contributed by atoms with Crippen molar-refractivity contribution in [3.63, 3.8) is 0 Å². The zero-order chi connectivity index (χ0) is 16.4. The lowest BCUT2D eigenvalue weighted by Gasteiger charge is -2.03. The summed E-state index contributed by atoms with van der Waals surface area (Å²) >= 11 is 6.72. The van der Waals surface area contributed by atoms with E-state index in [2.05, 4.69) is 9.82 Å². The van der Waals surface area contributed by atoms with Gasteiger partial charge in [0.25, 0.3) is 10.0 Å². The second kappa shape index (κ2) is 6.31. The average Bonchev–Trinajstić information content (AvgIpc) is 3.11. The highest BCUT2D eigenvalue weighted by molar-refractivity contribution is 7.94. The molecule has 3 rings (SSSR count). The molecule has 0 bridgehead atoms. The Morgan fingerprint density at radius 3 is 2.57 bits per heavy atom. The van der Waals surface area contributed by atoms with E-state index in [9.17, 15) is 12.8 Å². The van der Waals surface area contributed by atoms with Gasteiger partial charge in [-0.3, -0.25) is 9.40 Å². The minimum Gasteiger partial charge on any atom is -0.266 e. The third-order valence-electron chi connectivity index (χ3n) is 2.95. The Labute approximate surface area is 141 Å². The van der Waals surface area contributed by atoms with Gasteiger partial charge >= 0.3 is 0 Å². The summed E-state index contributed by atoms with van der Waals surface area (Å²) in [5, 5.41) is 4.15. The van der Waals surface area contributed by atoms with Crippen LogP contribution in [0.5, 0.6) is 0 Å². The number of sulfonamides is 1. The fourth-order valence-corrected chi connectivity index (χ4v) is 4.39. The quantitative estimate of drug-likeness (QED) is 0.745. The number of benzene rings is 1. The van der Waals surface area contributed by atoms with Crippen molar-refractivity contribution >= 4 is 38.8 Å². The van der Waals surface area contributed by atoms with E-state index in [-0.39, 0.29) is 15.8 Å². The van der Waals surface area contributed by atoms with Crippen LogP contribution in [-0.2, 0) is 16.6 Å². The molecule has 0 fully saturated rings. The second-order valence-electron chi connectivity index (χ2n) is 4.69. The van der Waals surface area contributed by atoms with Gasteiger partial charge in [-0.05, 0) is 29.8 Å². The molecule has 0 spiro atoms. The predicted octanol–water partition coefficient (Wildman–Crippen LogP) is 3.59. The van der Waals surface area contributed by atoms with Crippen LogP contribution < -0.4 is 4.72 Å². The van der Waals surface area contributed by atoms with Crippen molar-refractivity contribution in [2.24, 2.45) is 0 Å². The monoisotopic (exact) mass is 371 g/mol. The van der Waals surface area contributed by atoms with Crippen molar-refractivity contribution in [3.8, 4) is 0 Å². The summed E-state index contributed by atoms with van der Waals surface area (Å²) in [6.07, 6.45) is 1.64. The van der Waals surface area contributed by atoms with Gasteiger partial charge in [0.1, 0.15) is 10.0 Å². The van der Waals surface area contributed by atoms with E-state index in [4.69, 9.17) is 11.6 Å². The van der Waals surface area contributed by atoms with Gasteiger partial charge in [0, 0.05) is 12.3 Å². The highest BCUT2D eigenvalue weighted by atomic mass is 35.5. The third-order valence-corrected chi connectivity index (χ3v) is 6.03. The summed E-state index contributed by atoms with van der Waals surface area (Å²) in [5.41, 5.74) is 0.856. The van der Waals surface area contributed by atoms with Crippen molar-refractivity contribution in [3.05, 3.63) is 64.4 Å². The SMILES string of the molecule is O=S(=O)(Nc1ccn(Cc2ccc(F)cc2)n1)c1ccc(Cl)s1. The van der Waals surface area contributed by atoms with Gasteiger partial charge in [-0.2, -0.15) is 5.10 Å². The molecule has 0 atom stereocenters. The van der Waals surface area contributed by atoms with Gasteiger partial charge in [-0.1, -0.05) is 23.7 Å². The molecular formula is C14H11ClFN3O2S2. The number of anilines is 1. The first-order chi connectivity index (χ1) is 10.9. The smallest absolute Gasteiger partial charge is 0.266 e.